The second kappa shape index (κ2) is 13.8. The molecule has 1 fully saturated rings. The van der Waals surface area contributed by atoms with Crippen LogP contribution in [-0.4, -0.2) is 67.9 Å². The molecule has 46 heavy (non-hydrogen) atoms. The van der Waals surface area contributed by atoms with Crippen LogP contribution in [0.5, 0.6) is 5.75 Å². The third kappa shape index (κ3) is 8.92. The number of methoxy groups -OCH3 is 1. The maximum atomic E-state index is 13.8. The minimum Gasteiger partial charge on any atom is -0.495 e. The lowest BCUT2D eigenvalue weighted by molar-refractivity contribution is -0.127. The number of hydrogen-bond donors (Lipinski definition) is 2. The topological polar surface area (TPSA) is 79.9 Å². The molecule has 1 saturated heterocycles. The summed E-state index contributed by atoms with van der Waals surface area (Å²) >= 11 is 1.25. The van der Waals surface area contributed by atoms with Gasteiger partial charge in [-0.05, 0) is 96.0 Å². The summed E-state index contributed by atoms with van der Waals surface area (Å²) in [5, 5.41) is 7.94. The molecule has 0 spiro atoms. The van der Waals surface area contributed by atoms with Crippen molar-refractivity contribution in [3.8, 4) is 17.6 Å². The van der Waals surface area contributed by atoms with E-state index in [4.69, 9.17) is 9.47 Å². The molecule has 4 rings (SSSR count). The SMILES string of the molecule is COc1cc(P(C)(C)=O)ccc1NCC#Cc1sc2c(NC3CC(C)N(C(=O)OC(C)(C)C)C(C)C3)cccc2c1CC(F)(F)F. The smallest absolute Gasteiger partial charge is 0.410 e. The fraction of sp³-hybridized carbons (Fsp3) is 0.500. The third-order valence-electron chi connectivity index (χ3n) is 7.74. The lowest BCUT2D eigenvalue weighted by Crippen LogP contribution is -2.53. The molecule has 2 aromatic carbocycles. The molecule has 0 radical (unpaired) electrons. The van der Waals surface area contributed by atoms with Gasteiger partial charge in [-0.2, -0.15) is 13.2 Å². The van der Waals surface area contributed by atoms with Crippen LogP contribution in [0, 0.1) is 11.8 Å². The second-order valence-electron chi connectivity index (χ2n) is 13.2. The van der Waals surface area contributed by atoms with Gasteiger partial charge in [0.15, 0.2) is 0 Å². The molecule has 7 nitrogen and oxygen atoms in total. The van der Waals surface area contributed by atoms with Crippen molar-refractivity contribution in [1.82, 2.24) is 4.90 Å². The van der Waals surface area contributed by atoms with Gasteiger partial charge in [-0.15, -0.1) is 11.3 Å². The zero-order valence-electron chi connectivity index (χ0n) is 27.6. The minimum absolute atomic E-state index is 0.0110. The number of nitrogens with zero attached hydrogens (tertiary/aromatic N) is 1. The van der Waals surface area contributed by atoms with Crippen molar-refractivity contribution in [2.45, 2.75) is 83.8 Å². The summed E-state index contributed by atoms with van der Waals surface area (Å²) in [6, 6.07) is 10.5. The number of hydrogen-bond acceptors (Lipinski definition) is 7. The van der Waals surface area contributed by atoms with Crippen LogP contribution in [0.2, 0.25) is 0 Å². The Kier molecular flexibility index (Phi) is 10.6. The number of alkyl halides is 3. The van der Waals surface area contributed by atoms with E-state index in [9.17, 15) is 22.5 Å². The van der Waals surface area contributed by atoms with E-state index in [0.717, 1.165) is 10.4 Å². The van der Waals surface area contributed by atoms with Crippen LogP contribution in [0.25, 0.3) is 10.1 Å². The van der Waals surface area contributed by atoms with Gasteiger partial charge in [0, 0.05) is 23.4 Å². The average molecular weight is 678 g/mol. The molecule has 250 valence electrons. The second-order valence-corrected chi connectivity index (χ2v) is 17.4. The number of thiophene rings is 1. The fourth-order valence-electron chi connectivity index (χ4n) is 5.78. The quantitative estimate of drug-likeness (QED) is 0.194. The van der Waals surface area contributed by atoms with E-state index in [1.54, 1.807) is 48.6 Å². The molecular formula is C34H43F3N3O4PS. The van der Waals surface area contributed by atoms with Crippen molar-refractivity contribution in [1.29, 1.82) is 0 Å². The maximum Gasteiger partial charge on any atom is 0.410 e. The fourth-order valence-corrected chi connectivity index (χ4v) is 7.81. The first-order valence-corrected chi connectivity index (χ1v) is 18.6. The van der Waals surface area contributed by atoms with E-state index >= 15 is 0 Å². The van der Waals surface area contributed by atoms with Crippen molar-refractivity contribution >= 4 is 51.3 Å². The van der Waals surface area contributed by atoms with Gasteiger partial charge < -0.3 is 29.6 Å². The number of nitrogens with one attached hydrogen (secondary N) is 2. The summed E-state index contributed by atoms with van der Waals surface area (Å²) in [6.07, 6.45) is -4.50. The summed E-state index contributed by atoms with van der Waals surface area (Å²) in [4.78, 5) is 15.0. The first kappa shape index (κ1) is 35.5. The molecular weight excluding hydrogens is 634 g/mol. The highest BCUT2D eigenvalue weighted by Crippen LogP contribution is 2.40. The molecule has 1 aliphatic rings. The molecule has 2 N–H and O–H groups in total. The number of piperidine rings is 1. The lowest BCUT2D eigenvalue weighted by Gasteiger charge is -2.43. The number of likely N-dealkylation sites (tertiary alicyclic amines) is 1. The van der Waals surface area contributed by atoms with Gasteiger partial charge in [-0.3, -0.25) is 0 Å². The summed E-state index contributed by atoms with van der Waals surface area (Å²) in [7, 11) is -0.958. The summed E-state index contributed by atoms with van der Waals surface area (Å²) in [6.45, 7) is 13.0. The number of ether oxygens (including phenoxy) is 2. The Hall–Kier alpha value is -3.35. The Bertz CT molecular complexity index is 1670. The van der Waals surface area contributed by atoms with E-state index < -0.39 is 25.3 Å². The van der Waals surface area contributed by atoms with Gasteiger partial charge >= 0.3 is 12.3 Å². The number of anilines is 2. The molecule has 1 amide bonds. The Morgan fingerprint density at radius 2 is 1.76 bits per heavy atom. The van der Waals surface area contributed by atoms with Crippen molar-refractivity contribution in [3.63, 3.8) is 0 Å². The molecule has 1 aliphatic heterocycles. The van der Waals surface area contributed by atoms with E-state index in [0.29, 0.717) is 39.8 Å². The van der Waals surface area contributed by atoms with Crippen LogP contribution in [0.3, 0.4) is 0 Å². The minimum atomic E-state index is -4.40. The molecule has 2 atom stereocenters. The Morgan fingerprint density at radius 3 is 2.35 bits per heavy atom. The van der Waals surface area contributed by atoms with Gasteiger partial charge in [0.2, 0.25) is 0 Å². The van der Waals surface area contributed by atoms with Gasteiger partial charge in [0.1, 0.15) is 18.5 Å². The van der Waals surface area contributed by atoms with Gasteiger partial charge in [-0.1, -0.05) is 24.0 Å². The molecule has 1 aromatic heterocycles. The first-order chi connectivity index (χ1) is 21.4. The summed E-state index contributed by atoms with van der Waals surface area (Å²) < 4.78 is 65.5. The van der Waals surface area contributed by atoms with Crippen molar-refractivity contribution < 1.29 is 32.0 Å². The van der Waals surface area contributed by atoms with Crippen molar-refractivity contribution in [2.75, 3.05) is 37.6 Å². The maximum absolute atomic E-state index is 13.8. The molecule has 0 bridgehead atoms. The number of halogens is 3. The molecule has 0 aliphatic carbocycles. The van der Waals surface area contributed by atoms with Crippen molar-refractivity contribution in [2.24, 2.45) is 0 Å². The average Bonchev–Trinajstić information content (AvgIpc) is 3.25. The predicted octanol–water partition coefficient (Wildman–Crippen LogP) is 8.31. The lowest BCUT2D eigenvalue weighted by atomic mass is 9.93. The van der Waals surface area contributed by atoms with Crippen LogP contribution in [-0.2, 0) is 15.7 Å². The van der Waals surface area contributed by atoms with Gasteiger partial charge in [-0.25, -0.2) is 4.79 Å². The van der Waals surface area contributed by atoms with Gasteiger partial charge in [0.25, 0.3) is 0 Å². The normalized spacial score (nSPS) is 18.9. The molecule has 2 unspecified atom stereocenters. The van der Waals surface area contributed by atoms with Crippen LogP contribution in [0.4, 0.5) is 29.3 Å². The number of carbonyl (C=O) groups excluding carboxylic acids is 1. The number of amides is 1. The molecule has 12 heteroatoms. The Labute approximate surface area is 273 Å². The van der Waals surface area contributed by atoms with E-state index in [-0.39, 0.29) is 36.3 Å². The first-order valence-electron chi connectivity index (χ1n) is 15.2. The van der Waals surface area contributed by atoms with Crippen LogP contribution in [0.1, 0.15) is 57.9 Å². The molecule has 3 aromatic rings. The summed E-state index contributed by atoms with van der Waals surface area (Å²) in [5.41, 5.74) is 0.962. The highest BCUT2D eigenvalue weighted by molar-refractivity contribution is 7.70. The van der Waals surface area contributed by atoms with E-state index in [1.165, 1.54) is 18.4 Å². The highest BCUT2D eigenvalue weighted by atomic mass is 32.1. The van der Waals surface area contributed by atoms with Crippen molar-refractivity contribution in [3.05, 3.63) is 46.8 Å². The monoisotopic (exact) mass is 677 g/mol. The molecule has 2 heterocycles. The summed E-state index contributed by atoms with van der Waals surface area (Å²) in [5.74, 6) is 6.48. The number of carbonyl (C=O) groups is 1. The largest absolute Gasteiger partial charge is 0.495 e. The van der Waals surface area contributed by atoms with Crippen LogP contribution < -0.4 is 20.7 Å². The van der Waals surface area contributed by atoms with Crippen LogP contribution in [0.15, 0.2) is 36.4 Å². The zero-order valence-corrected chi connectivity index (χ0v) is 29.3. The number of benzene rings is 2. The van der Waals surface area contributed by atoms with Crippen LogP contribution >= 0.6 is 18.5 Å². The third-order valence-corrected chi connectivity index (χ3v) is 10.5. The van der Waals surface area contributed by atoms with E-state index in [1.807, 2.05) is 40.7 Å². The van der Waals surface area contributed by atoms with E-state index in [2.05, 4.69) is 22.5 Å². The Balaban J connectivity index is 1.57. The standard InChI is InChI=1S/C34H43F3N3O4PS/c1-21-17-23(18-22(2)40(21)32(41)44-33(3,4)5)39-28-12-9-11-25-26(20-34(35,36)37)30(46-31(25)28)13-10-16-38-27-15-14-24(45(7,8)42)19-29(27)43-6/h9,11-12,14-15,19,21-23,38-39H,16-18,20H2,1-8H3. The highest BCUT2D eigenvalue weighted by Gasteiger charge is 2.37. The zero-order chi connectivity index (χ0) is 34.0. The molecule has 0 saturated carbocycles. The number of fused-ring (bicyclic) bond motifs is 1. The predicted molar refractivity (Wildman–Crippen MR) is 183 cm³/mol. The number of rotatable bonds is 7. The van der Waals surface area contributed by atoms with Gasteiger partial charge in [0.05, 0.1) is 41.0 Å². The Morgan fingerprint density at radius 1 is 1.09 bits per heavy atom.